The topological polar surface area (TPSA) is 34.1 Å². The molecule has 0 radical (unpaired) electrons. The number of rotatable bonds is 3. The minimum Gasteiger partial charge on any atom is -0.207 e. The monoisotopic (exact) mass is 282 g/mol. The predicted octanol–water partition coefficient (Wildman–Crippen LogP) is 2.55. The van der Waals surface area contributed by atoms with Crippen LogP contribution in [0.25, 0.3) is 0 Å². The SMILES string of the molecule is O=S(=O)(Cl)c1cccc(CCBr)c1. The van der Waals surface area contributed by atoms with Crippen molar-refractivity contribution in [1.82, 2.24) is 0 Å². The van der Waals surface area contributed by atoms with E-state index >= 15 is 0 Å². The van der Waals surface area contributed by atoms with Gasteiger partial charge in [-0.2, -0.15) is 0 Å². The highest BCUT2D eigenvalue weighted by Gasteiger charge is 2.09. The Balaban J connectivity index is 3.06. The highest BCUT2D eigenvalue weighted by molar-refractivity contribution is 9.09. The van der Waals surface area contributed by atoms with Crippen molar-refractivity contribution < 1.29 is 8.42 Å². The molecule has 2 nitrogen and oxygen atoms in total. The Morgan fingerprint density at radius 2 is 2.08 bits per heavy atom. The standard InChI is InChI=1S/C8H8BrClO2S/c9-5-4-7-2-1-3-8(6-7)13(10,11)12/h1-3,6H,4-5H2. The fourth-order valence-electron chi connectivity index (χ4n) is 0.962. The van der Waals surface area contributed by atoms with E-state index in [0.29, 0.717) is 0 Å². The van der Waals surface area contributed by atoms with E-state index in [0.717, 1.165) is 17.3 Å². The largest absolute Gasteiger partial charge is 0.261 e. The first-order valence-corrected chi connectivity index (χ1v) is 7.06. The van der Waals surface area contributed by atoms with Crippen molar-refractivity contribution in [2.75, 3.05) is 5.33 Å². The Morgan fingerprint density at radius 1 is 1.38 bits per heavy atom. The van der Waals surface area contributed by atoms with Crippen molar-refractivity contribution in [2.45, 2.75) is 11.3 Å². The molecule has 1 aromatic rings. The van der Waals surface area contributed by atoms with Crippen LogP contribution in [0, 0.1) is 0 Å². The lowest BCUT2D eigenvalue weighted by atomic mass is 10.2. The zero-order chi connectivity index (χ0) is 9.90. The average molecular weight is 284 g/mol. The summed E-state index contributed by atoms with van der Waals surface area (Å²) in [5.74, 6) is 0. The maximum atomic E-state index is 10.9. The molecule has 0 heterocycles. The maximum absolute atomic E-state index is 10.9. The molecule has 0 saturated heterocycles. The number of benzene rings is 1. The molecule has 1 rings (SSSR count). The van der Waals surface area contributed by atoms with E-state index in [4.69, 9.17) is 10.7 Å². The minimum atomic E-state index is -3.59. The lowest BCUT2D eigenvalue weighted by Gasteiger charge is -1.99. The van der Waals surface area contributed by atoms with Crippen LogP contribution < -0.4 is 0 Å². The first-order chi connectivity index (χ1) is 6.04. The van der Waals surface area contributed by atoms with Crippen LogP contribution in [0.5, 0.6) is 0 Å². The van der Waals surface area contributed by atoms with Crippen LogP contribution in [-0.2, 0) is 15.5 Å². The van der Waals surface area contributed by atoms with E-state index in [9.17, 15) is 8.42 Å². The molecule has 0 aliphatic rings. The summed E-state index contributed by atoms with van der Waals surface area (Å²) in [5.41, 5.74) is 0.957. The highest BCUT2D eigenvalue weighted by atomic mass is 79.9. The first-order valence-electron chi connectivity index (χ1n) is 3.63. The van der Waals surface area contributed by atoms with E-state index in [1.165, 1.54) is 6.07 Å². The van der Waals surface area contributed by atoms with Crippen molar-refractivity contribution in [2.24, 2.45) is 0 Å². The molecular formula is C8H8BrClO2S. The third-order valence-electron chi connectivity index (χ3n) is 1.56. The molecule has 72 valence electrons. The van der Waals surface area contributed by atoms with E-state index in [-0.39, 0.29) is 4.90 Å². The third kappa shape index (κ3) is 3.29. The fourth-order valence-corrected chi connectivity index (χ4v) is 2.24. The van der Waals surface area contributed by atoms with E-state index in [1.54, 1.807) is 12.1 Å². The van der Waals surface area contributed by atoms with Gasteiger partial charge in [-0.3, -0.25) is 0 Å². The Kier molecular flexibility index (Phi) is 3.76. The third-order valence-corrected chi connectivity index (χ3v) is 3.31. The van der Waals surface area contributed by atoms with Crippen LogP contribution in [0.4, 0.5) is 0 Å². The summed E-state index contributed by atoms with van der Waals surface area (Å²) in [4.78, 5) is 0.160. The number of alkyl halides is 1. The lowest BCUT2D eigenvalue weighted by Crippen LogP contribution is -1.93. The summed E-state index contributed by atoms with van der Waals surface area (Å²) >= 11 is 3.28. The second kappa shape index (κ2) is 4.44. The molecule has 0 aliphatic carbocycles. The molecule has 0 atom stereocenters. The van der Waals surface area contributed by atoms with Gasteiger partial charge in [-0.15, -0.1) is 0 Å². The maximum Gasteiger partial charge on any atom is 0.261 e. The predicted molar refractivity (Wildman–Crippen MR) is 57.0 cm³/mol. The fraction of sp³-hybridized carbons (Fsp3) is 0.250. The number of hydrogen-bond donors (Lipinski definition) is 0. The first kappa shape index (κ1) is 11.0. The van der Waals surface area contributed by atoms with E-state index < -0.39 is 9.05 Å². The molecule has 0 amide bonds. The molecule has 0 unspecified atom stereocenters. The molecule has 5 heteroatoms. The van der Waals surface area contributed by atoms with Gasteiger partial charge in [0.2, 0.25) is 0 Å². The Bertz CT molecular complexity index is 389. The van der Waals surface area contributed by atoms with Crippen molar-refractivity contribution in [3.8, 4) is 0 Å². The number of aryl methyl sites for hydroxylation is 1. The molecular weight excluding hydrogens is 276 g/mol. The van der Waals surface area contributed by atoms with E-state index in [2.05, 4.69) is 15.9 Å². The summed E-state index contributed by atoms with van der Waals surface area (Å²) in [5, 5.41) is 0.804. The quantitative estimate of drug-likeness (QED) is 0.631. The van der Waals surface area contributed by atoms with Gasteiger partial charge in [0.05, 0.1) is 4.90 Å². The van der Waals surface area contributed by atoms with Crippen molar-refractivity contribution in [3.05, 3.63) is 29.8 Å². The van der Waals surface area contributed by atoms with Crippen LogP contribution in [0.2, 0.25) is 0 Å². The Labute approximate surface area is 90.5 Å². The van der Waals surface area contributed by atoms with Gasteiger partial charge in [0, 0.05) is 16.0 Å². The molecule has 0 spiro atoms. The smallest absolute Gasteiger partial charge is 0.207 e. The molecule has 0 aliphatic heterocycles. The zero-order valence-corrected chi connectivity index (χ0v) is 9.86. The zero-order valence-electron chi connectivity index (χ0n) is 6.70. The van der Waals surface area contributed by atoms with Crippen molar-refractivity contribution in [1.29, 1.82) is 0 Å². The van der Waals surface area contributed by atoms with Crippen LogP contribution in [0.3, 0.4) is 0 Å². The molecule has 0 fully saturated rings. The van der Waals surface area contributed by atoms with E-state index in [1.807, 2.05) is 6.07 Å². The summed E-state index contributed by atoms with van der Waals surface area (Å²) in [6.07, 6.45) is 0.792. The van der Waals surface area contributed by atoms with Gasteiger partial charge >= 0.3 is 0 Å². The molecule has 0 bridgehead atoms. The Morgan fingerprint density at radius 3 is 2.62 bits per heavy atom. The molecule has 0 aromatic heterocycles. The van der Waals surface area contributed by atoms with Gasteiger partial charge in [-0.05, 0) is 24.1 Å². The summed E-state index contributed by atoms with van der Waals surface area (Å²) in [6.45, 7) is 0. The molecule has 0 N–H and O–H groups in total. The molecule has 1 aromatic carbocycles. The summed E-state index contributed by atoms with van der Waals surface area (Å²) < 4.78 is 21.9. The molecule has 13 heavy (non-hydrogen) atoms. The summed E-state index contributed by atoms with van der Waals surface area (Å²) in [6, 6.07) is 6.63. The van der Waals surface area contributed by atoms with Gasteiger partial charge in [0.1, 0.15) is 0 Å². The number of hydrogen-bond acceptors (Lipinski definition) is 2. The van der Waals surface area contributed by atoms with Gasteiger partial charge in [-0.25, -0.2) is 8.42 Å². The Hall–Kier alpha value is -0.0600. The lowest BCUT2D eigenvalue weighted by molar-refractivity contribution is 0.609. The normalized spacial score (nSPS) is 11.5. The highest BCUT2D eigenvalue weighted by Crippen LogP contribution is 2.16. The van der Waals surface area contributed by atoms with Gasteiger partial charge in [0.25, 0.3) is 9.05 Å². The van der Waals surface area contributed by atoms with Crippen molar-refractivity contribution >= 4 is 35.7 Å². The van der Waals surface area contributed by atoms with Crippen LogP contribution in [-0.4, -0.2) is 13.7 Å². The molecule has 0 saturated carbocycles. The van der Waals surface area contributed by atoms with Crippen LogP contribution in [0.1, 0.15) is 5.56 Å². The van der Waals surface area contributed by atoms with Crippen molar-refractivity contribution in [3.63, 3.8) is 0 Å². The minimum absolute atomic E-state index is 0.160. The summed E-state index contributed by atoms with van der Waals surface area (Å²) in [7, 11) is 1.60. The average Bonchev–Trinajstić information content (AvgIpc) is 2.04. The van der Waals surface area contributed by atoms with Crippen LogP contribution >= 0.6 is 26.6 Å². The second-order valence-corrected chi connectivity index (χ2v) is 5.88. The van der Waals surface area contributed by atoms with Gasteiger partial charge in [0.15, 0.2) is 0 Å². The second-order valence-electron chi connectivity index (χ2n) is 2.52. The van der Waals surface area contributed by atoms with Gasteiger partial charge < -0.3 is 0 Å². The van der Waals surface area contributed by atoms with Crippen LogP contribution in [0.15, 0.2) is 29.2 Å². The number of halogens is 2. The van der Waals surface area contributed by atoms with Gasteiger partial charge in [-0.1, -0.05) is 28.1 Å².